The lowest BCUT2D eigenvalue weighted by Crippen LogP contribution is -2.46. The van der Waals surface area contributed by atoms with Gasteiger partial charge in [-0.05, 0) is 62.5 Å². The van der Waals surface area contributed by atoms with Crippen LogP contribution in [0.2, 0.25) is 0 Å². The number of aromatic nitrogens is 2. The van der Waals surface area contributed by atoms with Crippen LogP contribution in [0.4, 0.5) is 0 Å². The van der Waals surface area contributed by atoms with Gasteiger partial charge in [-0.2, -0.15) is 0 Å². The molecule has 0 amide bonds. The molecule has 1 unspecified atom stereocenters. The lowest BCUT2D eigenvalue weighted by molar-refractivity contribution is -0.000920. The maximum Gasteiger partial charge on any atom is 0.222 e. The van der Waals surface area contributed by atoms with Crippen molar-refractivity contribution >= 4 is 21.6 Å². The summed E-state index contributed by atoms with van der Waals surface area (Å²) < 4.78 is 17.5. The van der Waals surface area contributed by atoms with Crippen LogP contribution in [0.1, 0.15) is 66.9 Å². The van der Waals surface area contributed by atoms with Crippen LogP contribution in [0.5, 0.6) is 5.75 Å². The predicted octanol–water partition coefficient (Wildman–Crippen LogP) is 4.46. The van der Waals surface area contributed by atoms with Gasteiger partial charge < -0.3 is 19.0 Å². The Balaban J connectivity index is 1.18. The Morgan fingerprint density at radius 1 is 1.12 bits per heavy atom. The number of fused-ring (bicyclic) bond motifs is 3. The van der Waals surface area contributed by atoms with Gasteiger partial charge in [-0.25, -0.2) is 9.97 Å². The van der Waals surface area contributed by atoms with Gasteiger partial charge in [0, 0.05) is 30.2 Å². The minimum atomic E-state index is -0.692. The van der Waals surface area contributed by atoms with Crippen molar-refractivity contribution in [1.82, 2.24) is 14.9 Å². The van der Waals surface area contributed by atoms with E-state index in [9.17, 15) is 5.11 Å². The molecular weight excluding hydrogens is 438 g/mol. The molecule has 3 aromatic heterocycles. The van der Waals surface area contributed by atoms with Gasteiger partial charge >= 0.3 is 0 Å². The minimum Gasteiger partial charge on any atom is -0.490 e. The first-order chi connectivity index (χ1) is 16.3. The monoisotopic (exact) mass is 469 g/mol. The zero-order valence-electron chi connectivity index (χ0n) is 18.8. The summed E-state index contributed by atoms with van der Waals surface area (Å²) in [5.41, 5.74) is 1.32. The first kappa shape index (κ1) is 21.5. The molecule has 1 N–H and O–H groups in total. The molecule has 33 heavy (non-hydrogen) atoms. The number of hydrogen-bond acceptors (Lipinski definition) is 8. The topological polar surface area (TPSA) is 80.9 Å². The fourth-order valence-electron chi connectivity index (χ4n) is 5.88. The summed E-state index contributed by atoms with van der Waals surface area (Å²) in [4.78, 5) is 13.8. The average Bonchev–Trinajstić information content (AvgIpc) is 3.59. The van der Waals surface area contributed by atoms with Gasteiger partial charge in [-0.15, -0.1) is 11.3 Å². The number of pyridine rings is 1. The summed E-state index contributed by atoms with van der Waals surface area (Å²) in [7, 11) is 0. The number of aryl methyl sites for hydroxylation is 1. The van der Waals surface area contributed by atoms with Crippen LogP contribution in [0.15, 0.2) is 29.1 Å². The summed E-state index contributed by atoms with van der Waals surface area (Å²) in [6, 6.07) is 2.70. The number of morpholine rings is 1. The fraction of sp³-hybridized carbons (Fsp3) is 0.600. The van der Waals surface area contributed by atoms with E-state index in [-0.39, 0.29) is 12.0 Å². The van der Waals surface area contributed by atoms with E-state index in [0.717, 1.165) is 68.0 Å². The number of aliphatic hydroxyl groups excluding tert-OH is 1. The Bertz CT molecular complexity index is 1070. The third-order valence-electron chi connectivity index (χ3n) is 7.54. The number of aliphatic hydroxyl groups is 1. The number of rotatable bonds is 6. The van der Waals surface area contributed by atoms with E-state index in [2.05, 4.69) is 14.9 Å². The standard InChI is InChI=1S/C25H31N3O4S/c29-19(24-26-9-12-31-24)15-16-1-6-21-22(16)23-20(7-8-27-25(23)33-21)32-18-4-2-17(3-5-18)28-10-13-30-14-11-28/h7-9,12,16-19,29H,1-6,10-11,13-15H2/t16?,17?,18?,19-/m0/s1. The molecule has 0 aromatic carbocycles. The molecule has 2 aliphatic carbocycles. The molecule has 7 nitrogen and oxygen atoms in total. The summed E-state index contributed by atoms with van der Waals surface area (Å²) in [5.74, 6) is 1.62. The molecular formula is C25H31N3O4S. The highest BCUT2D eigenvalue weighted by atomic mass is 32.1. The summed E-state index contributed by atoms with van der Waals surface area (Å²) >= 11 is 1.78. The van der Waals surface area contributed by atoms with Gasteiger partial charge in [0.05, 0.1) is 30.9 Å². The van der Waals surface area contributed by atoms with E-state index < -0.39 is 6.10 Å². The molecule has 0 spiro atoms. The molecule has 2 fully saturated rings. The zero-order chi connectivity index (χ0) is 22.2. The SMILES string of the molecule is O[C@@H](CC1CCc2sc3nccc(OC4CCC(N5CCOCC5)CC4)c3c21)c1ncco1. The van der Waals surface area contributed by atoms with Gasteiger partial charge in [-0.3, -0.25) is 4.90 Å². The van der Waals surface area contributed by atoms with E-state index in [1.165, 1.54) is 29.5 Å². The fourth-order valence-corrected chi connectivity index (χ4v) is 7.14. The van der Waals surface area contributed by atoms with Crippen LogP contribution in [-0.2, 0) is 11.2 Å². The maximum atomic E-state index is 10.7. The van der Waals surface area contributed by atoms with Gasteiger partial charge in [-0.1, -0.05) is 0 Å². The Morgan fingerprint density at radius 2 is 1.97 bits per heavy atom. The lowest BCUT2D eigenvalue weighted by Gasteiger charge is -2.38. The van der Waals surface area contributed by atoms with E-state index >= 15 is 0 Å². The van der Waals surface area contributed by atoms with Crippen molar-refractivity contribution in [3.63, 3.8) is 0 Å². The molecule has 8 heteroatoms. The highest BCUT2D eigenvalue weighted by Gasteiger charge is 2.33. The second kappa shape index (κ2) is 9.33. The molecule has 3 aromatic rings. The van der Waals surface area contributed by atoms with E-state index in [1.807, 2.05) is 12.3 Å². The van der Waals surface area contributed by atoms with E-state index in [4.69, 9.17) is 13.9 Å². The second-order valence-corrected chi connectivity index (χ2v) is 10.6. The largest absolute Gasteiger partial charge is 0.490 e. The van der Waals surface area contributed by atoms with Crippen molar-refractivity contribution in [3.05, 3.63) is 41.1 Å². The van der Waals surface area contributed by atoms with Gasteiger partial charge in [0.25, 0.3) is 0 Å². The first-order valence-corrected chi connectivity index (χ1v) is 13.0. The Morgan fingerprint density at radius 3 is 2.76 bits per heavy atom. The average molecular weight is 470 g/mol. The second-order valence-electron chi connectivity index (χ2n) is 9.48. The molecule has 4 heterocycles. The van der Waals surface area contributed by atoms with Crippen LogP contribution in [0.25, 0.3) is 10.2 Å². The van der Waals surface area contributed by atoms with Gasteiger partial charge in [0.1, 0.15) is 22.9 Å². The van der Waals surface area contributed by atoms with Crippen molar-refractivity contribution in [2.75, 3.05) is 26.3 Å². The summed E-state index contributed by atoms with van der Waals surface area (Å²) in [5, 5.41) is 11.8. The summed E-state index contributed by atoms with van der Waals surface area (Å²) in [6.07, 6.45) is 11.8. The van der Waals surface area contributed by atoms with Crippen molar-refractivity contribution < 1.29 is 19.0 Å². The molecule has 1 aliphatic heterocycles. The molecule has 1 saturated heterocycles. The van der Waals surface area contributed by atoms with E-state index in [1.54, 1.807) is 17.5 Å². The Kier molecular flexibility index (Phi) is 6.09. The van der Waals surface area contributed by atoms with Crippen LogP contribution in [0, 0.1) is 0 Å². The smallest absolute Gasteiger partial charge is 0.222 e. The highest BCUT2D eigenvalue weighted by molar-refractivity contribution is 7.19. The first-order valence-electron chi connectivity index (χ1n) is 12.2. The van der Waals surface area contributed by atoms with Gasteiger partial charge in [0.2, 0.25) is 5.89 Å². The number of nitrogens with zero attached hydrogens (tertiary/aromatic N) is 3. The number of thiophene rings is 1. The Labute approximate surface area is 197 Å². The number of oxazole rings is 1. The molecule has 176 valence electrons. The summed E-state index contributed by atoms with van der Waals surface area (Å²) in [6.45, 7) is 3.84. The van der Waals surface area contributed by atoms with Crippen LogP contribution < -0.4 is 4.74 Å². The van der Waals surface area contributed by atoms with Crippen molar-refractivity contribution in [2.45, 2.75) is 69.1 Å². The molecule has 3 aliphatic rings. The third-order valence-corrected chi connectivity index (χ3v) is 8.71. The van der Waals surface area contributed by atoms with Gasteiger partial charge in [0.15, 0.2) is 0 Å². The quantitative estimate of drug-likeness (QED) is 0.571. The van der Waals surface area contributed by atoms with Crippen molar-refractivity contribution in [1.29, 1.82) is 0 Å². The number of hydrogen-bond donors (Lipinski definition) is 1. The van der Waals surface area contributed by atoms with Crippen LogP contribution in [-0.4, -0.2) is 58.4 Å². The van der Waals surface area contributed by atoms with Crippen molar-refractivity contribution in [3.8, 4) is 5.75 Å². The lowest BCUT2D eigenvalue weighted by atomic mass is 9.91. The molecule has 0 radical (unpaired) electrons. The Hall–Kier alpha value is -2.00. The predicted molar refractivity (Wildman–Crippen MR) is 126 cm³/mol. The van der Waals surface area contributed by atoms with Crippen LogP contribution >= 0.6 is 11.3 Å². The normalized spacial score (nSPS) is 27.0. The zero-order valence-corrected chi connectivity index (χ0v) is 19.6. The third kappa shape index (κ3) is 4.30. The number of ether oxygens (including phenoxy) is 2. The molecule has 6 rings (SSSR count). The molecule has 1 saturated carbocycles. The maximum absolute atomic E-state index is 10.7. The van der Waals surface area contributed by atoms with E-state index in [0.29, 0.717) is 18.4 Å². The minimum absolute atomic E-state index is 0.251. The van der Waals surface area contributed by atoms with Crippen LogP contribution in [0.3, 0.4) is 0 Å². The highest BCUT2D eigenvalue weighted by Crippen LogP contribution is 2.49. The molecule has 2 atom stereocenters. The molecule has 0 bridgehead atoms. The van der Waals surface area contributed by atoms with Crippen molar-refractivity contribution in [2.24, 2.45) is 0 Å².